The molecule has 0 heterocycles. The lowest BCUT2D eigenvalue weighted by molar-refractivity contribution is -0.147. The standard InChI is InChI=1S/C46H86N2O5/c1-3-5-7-9-10-11-12-13-14-15-16-17-18-19-20-21-22-23-24-25-26-28-34-40-45(50)53-42(36-31-27-8-6-4-2)37-32-29-30-33-39-44(49)48-43(46(51)52)38-35-41-47/h15-16,31,36,42-43H,3-14,17-30,32-35,37-41,47H2,1-2H3,(H,48,49)(H,51,52)/b16-15-,36-31-. The molecule has 0 fully saturated rings. The smallest absolute Gasteiger partial charge is 0.326 e. The van der Waals surface area contributed by atoms with Gasteiger partial charge in [0.25, 0.3) is 0 Å². The van der Waals surface area contributed by atoms with E-state index < -0.39 is 12.0 Å². The number of amides is 1. The van der Waals surface area contributed by atoms with Crippen molar-refractivity contribution in [2.24, 2.45) is 5.73 Å². The zero-order valence-corrected chi connectivity index (χ0v) is 34.9. The van der Waals surface area contributed by atoms with Crippen molar-refractivity contribution < 1.29 is 24.2 Å². The molecule has 0 radical (unpaired) electrons. The number of nitrogens with two attached hydrogens (primary N) is 1. The lowest BCUT2D eigenvalue weighted by atomic mass is 10.0. The molecule has 2 atom stereocenters. The van der Waals surface area contributed by atoms with Crippen LogP contribution in [0.2, 0.25) is 0 Å². The van der Waals surface area contributed by atoms with E-state index in [0.29, 0.717) is 38.6 Å². The highest BCUT2D eigenvalue weighted by atomic mass is 16.5. The SMILES string of the molecule is CCCCC/C=C\C(CCCCCCC(=O)NC(CCCN)C(=O)O)OC(=O)CCCCCCCCCCCCC/C=C\CCCCCCCCCC. The highest BCUT2D eigenvalue weighted by Crippen LogP contribution is 2.16. The summed E-state index contributed by atoms with van der Waals surface area (Å²) in [6.07, 6.45) is 47.0. The van der Waals surface area contributed by atoms with Crippen LogP contribution in [0.3, 0.4) is 0 Å². The zero-order valence-electron chi connectivity index (χ0n) is 34.9. The van der Waals surface area contributed by atoms with Crippen LogP contribution < -0.4 is 11.1 Å². The Morgan fingerprint density at radius 3 is 1.51 bits per heavy atom. The molecule has 0 aromatic rings. The van der Waals surface area contributed by atoms with Gasteiger partial charge in [0.2, 0.25) is 5.91 Å². The molecule has 7 heteroatoms. The van der Waals surface area contributed by atoms with Gasteiger partial charge in [-0.3, -0.25) is 9.59 Å². The number of carbonyl (C=O) groups is 3. The molecule has 0 spiro atoms. The number of hydrogen-bond acceptors (Lipinski definition) is 5. The largest absolute Gasteiger partial charge is 0.480 e. The van der Waals surface area contributed by atoms with E-state index in [0.717, 1.165) is 51.4 Å². The van der Waals surface area contributed by atoms with Crippen LogP contribution in [-0.4, -0.2) is 41.6 Å². The van der Waals surface area contributed by atoms with Crippen molar-refractivity contribution in [1.82, 2.24) is 5.32 Å². The maximum atomic E-state index is 12.7. The summed E-state index contributed by atoms with van der Waals surface area (Å²) in [5, 5.41) is 11.9. The van der Waals surface area contributed by atoms with Crippen molar-refractivity contribution in [3.63, 3.8) is 0 Å². The first kappa shape index (κ1) is 50.9. The van der Waals surface area contributed by atoms with Crippen LogP contribution in [0.4, 0.5) is 0 Å². The summed E-state index contributed by atoms with van der Waals surface area (Å²) < 4.78 is 5.89. The molecule has 0 saturated heterocycles. The van der Waals surface area contributed by atoms with Crippen LogP contribution in [0.25, 0.3) is 0 Å². The summed E-state index contributed by atoms with van der Waals surface area (Å²) in [6.45, 7) is 4.89. The lowest BCUT2D eigenvalue weighted by Gasteiger charge is -2.15. The summed E-state index contributed by atoms with van der Waals surface area (Å²) in [7, 11) is 0. The van der Waals surface area contributed by atoms with Gasteiger partial charge in [-0.1, -0.05) is 160 Å². The average molecular weight is 747 g/mol. The molecule has 0 bridgehead atoms. The fraction of sp³-hybridized carbons (Fsp3) is 0.848. The number of aliphatic carboxylic acids is 1. The van der Waals surface area contributed by atoms with Crippen LogP contribution in [-0.2, 0) is 19.1 Å². The first-order valence-corrected chi connectivity index (χ1v) is 22.7. The van der Waals surface area contributed by atoms with Crippen molar-refractivity contribution in [2.75, 3.05) is 6.54 Å². The summed E-state index contributed by atoms with van der Waals surface area (Å²) in [5.41, 5.74) is 5.47. The summed E-state index contributed by atoms with van der Waals surface area (Å²) in [4.78, 5) is 36.2. The predicted molar refractivity (Wildman–Crippen MR) is 225 cm³/mol. The number of hydrogen-bond donors (Lipinski definition) is 3. The monoisotopic (exact) mass is 747 g/mol. The first-order valence-electron chi connectivity index (χ1n) is 22.7. The Hall–Kier alpha value is -2.15. The van der Waals surface area contributed by atoms with Gasteiger partial charge in [-0.25, -0.2) is 4.79 Å². The van der Waals surface area contributed by atoms with Crippen LogP contribution >= 0.6 is 0 Å². The van der Waals surface area contributed by atoms with Crippen molar-refractivity contribution in [1.29, 1.82) is 0 Å². The quantitative estimate of drug-likeness (QED) is 0.0325. The lowest BCUT2D eigenvalue weighted by Crippen LogP contribution is -2.40. The number of nitrogens with one attached hydrogen (secondary N) is 1. The van der Waals surface area contributed by atoms with Crippen LogP contribution in [0.5, 0.6) is 0 Å². The minimum Gasteiger partial charge on any atom is -0.480 e. The van der Waals surface area contributed by atoms with Gasteiger partial charge in [0.15, 0.2) is 0 Å². The number of rotatable bonds is 41. The fourth-order valence-electron chi connectivity index (χ4n) is 6.77. The third-order valence-corrected chi connectivity index (χ3v) is 10.2. The van der Waals surface area contributed by atoms with Crippen molar-refractivity contribution in [3.05, 3.63) is 24.3 Å². The highest BCUT2D eigenvalue weighted by molar-refractivity contribution is 5.83. The van der Waals surface area contributed by atoms with Crippen molar-refractivity contribution in [3.8, 4) is 0 Å². The van der Waals surface area contributed by atoms with Gasteiger partial charge in [-0.05, 0) is 89.7 Å². The van der Waals surface area contributed by atoms with Gasteiger partial charge in [-0.2, -0.15) is 0 Å². The number of carboxylic acids is 1. The Bertz CT molecular complexity index is 889. The topological polar surface area (TPSA) is 119 Å². The maximum Gasteiger partial charge on any atom is 0.326 e. The van der Waals surface area contributed by atoms with Gasteiger partial charge in [0, 0.05) is 12.8 Å². The van der Waals surface area contributed by atoms with E-state index in [1.54, 1.807) is 0 Å². The Kier molecular flexibility index (Phi) is 39.4. The van der Waals surface area contributed by atoms with Crippen LogP contribution in [0.15, 0.2) is 24.3 Å². The van der Waals surface area contributed by atoms with Gasteiger partial charge in [0.05, 0.1) is 0 Å². The second kappa shape index (κ2) is 41.0. The van der Waals surface area contributed by atoms with Crippen molar-refractivity contribution >= 4 is 17.8 Å². The Morgan fingerprint density at radius 2 is 0.981 bits per heavy atom. The number of carboxylic acid groups (broad SMARTS) is 1. The molecule has 0 saturated carbocycles. The minimum atomic E-state index is -1.01. The van der Waals surface area contributed by atoms with E-state index in [4.69, 9.17) is 10.5 Å². The third kappa shape index (κ3) is 37.9. The average Bonchev–Trinajstić information content (AvgIpc) is 3.14. The van der Waals surface area contributed by atoms with E-state index in [1.807, 2.05) is 0 Å². The van der Waals surface area contributed by atoms with E-state index in [-0.39, 0.29) is 18.0 Å². The molecule has 7 nitrogen and oxygen atoms in total. The molecular formula is C46H86N2O5. The number of ether oxygens (including phenoxy) is 1. The summed E-state index contributed by atoms with van der Waals surface area (Å²) in [5.74, 6) is -1.33. The molecule has 0 aromatic carbocycles. The molecule has 53 heavy (non-hydrogen) atoms. The molecule has 310 valence electrons. The maximum absolute atomic E-state index is 12.7. The third-order valence-electron chi connectivity index (χ3n) is 10.2. The molecule has 0 aromatic heterocycles. The Labute approximate surface area is 327 Å². The first-order chi connectivity index (χ1) is 25.9. The Balaban J connectivity index is 3.93. The fourth-order valence-corrected chi connectivity index (χ4v) is 6.77. The molecule has 1 amide bonds. The summed E-state index contributed by atoms with van der Waals surface area (Å²) in [6, 6.07) is -0.868. The minimum absolute atomic E-state index is 0.0912. The molecular weight excluding hydrogens is 661 g/mol. The summed E-state index contributed by atoms with van der Waals surface area (Å²) >= 11 is 0. The van der Waals surface area contributed by atoms with Crippen LogP contribution in [0, 0.1) is 0 Å². The van der Waals surface area contributed by atoms with Gasteiger partial charge in [-0.15, -0.1) is 0 Å². The molecule has 2 unspecified atom stereocenters. The van der Waals surface area contributed by atoms with Gasteiger partial charge < -0.3 is 20.9 Å². The Morgan fingerprint density at radius 1 is 0.547 bits per heavy atom. The molecule has 0 aliphatic carbocycles. The predicted octanol–water partition coefficient (Wildman–Crippen LogP) is 12.8. The second-order valence-electron chi connectivity index (χ2n) is 15.5. The number of unbranched alkanes of at least 4 members (excludes halogenated alkanes) is 25. The number of allylic oxidation sites excluding steroid dienone is 3. The second-order valence-corrected chi connectivity index (χ2v) is 15.5. The number of esters is 1. The number of carbonyl (C=O) groups excluding carboxylic acids is 2. The highest BCUT2D eigenvalue weighted by Gasteiger charge is 2.19. The molecule has 4 N–H and O–H groups in total. The molecule has 0 aliphatic rings. The molecule has 0 rings (SSSR count). The van der Waals surface area contributed by atoms with E-state index >= 15 is 0 Å². The molecule has 0 aliphatic heterocycles. The van der Waals surface area contributed by atoms with E-state index in [2.05, 4.69) is 43.5 Å². The van der Waals surface area contributed by atoms with E-state index in [1.165, 1.54) is 135 Å². The normalized spacial score (nSPS) is 12.8. The van der Waals surface area contributed by atoms with Crippen LogP contribution in [0.1, 0.15) is 232 Å². The van der Waals surface area contributed by atoms with Gasteiger partial charge in [0.1, 0.15) is 12.1 Å². The van der Waals surface area contributed by atoms with E-state index in [9.17, 15) is 19.5 Å². The zero-order chi connectivity index (χ0) is 38.9. The van der Waals surface area contributed by atoms with Crippen molar-refractivity contribution in [2.45, 2.75) is 244 Å². The van der Waals surface area contributed by atoms with Gasteiger partial charge >= 0.3 is 11.9 Å².